The summed E-state index contributed by atoms with van der Waals surface area (Å²) in [4.78, 5) is 19.8. The molecule has 0 saturated carbocycles. The minimum atomic E-state index is -0.175. The van der Waals surface area contributed by atoms with E-state index in [0.29, 0.717) is 34.1 Å². The Hall–Kier alpha value is -3.11. The van der Waals surface area contributed by atoms with E-state index in [1.807, 2.05) is 66.7 Å². The number of para-hydroxylation sites is 2. The molecule has 1 N–H and O–H groups in total. The van der Waals surface area contributed by atoms with Crippen LogP contribution in [0, 0.1) is 0 Å². The van der Waals surface area contributed by atoms with Gasteiger partial charge in [-0.15, -0.1) is 0 Å². The smallest absolute Gasteiger partial charge is 0.259 e. The quantitative estimate of drug-likeness (QED) is 0.566. The Morgan fingerprint density at radius 2 is 1.65 bits per heavy atom. The van der Waals surface area contributed by atoms with Crippen molar-refractivity contribution in [3.63, 3.8) is 0 Å². The molecule has 0 spiro atoms. The molecule has 4 aromatic rings. The van der Waals surface area contributed by atoms with E-state index in [0.717, 1.165) is 11.1 Å². The first-order valence-electron chi connectivity index (χ1n) is 8.17. The van der Waals surface area contributed by atoms with Crippen molar-refractivity contribution in [1.82, 2.24) is 9.97 Å². The van der Waals surface area contributed by atoms with E-state index in [-0.39, 0.29) is 5.56 Å². The molecule has 0 aliphatic heterocycles. The molecule has 0 amide bonds. The number of fused-ring (bicyclic) bond motifs is 1. The van der Waals surface area contributed by atoms with Crippen LogP contribution in [0.15, 0.2) is 77.6 Å². The van der Waals surface area contributed by atoms with Crippen LogP contribution in [0.1, 0.15) is 5.56 Å². The summed E-state index contributed by atoms with van der Waals surface area (Å²) in [6, 6.07) is 22.3. The van der Waals surface area contributed by atoms with Crippen molar-refractivity contribution in [2.24, 2.45) is 0 Å². The minimum absolute atomic E-state index is 0.175. The molecule has 5 heteroatoms. The van der Waals surface area contributed by atoms with Gasteiger partial charge in [0.05, 0.1) is 16.5 Å². The van der Waals surface area contributed by atoms with Gasteiger partial charge in [0.25, 0.3) is 5.56 Å². The first-order chi connectivity index (χ1) is 12.7. The summed E-state index contributed by atoms with van der Waals surface area (Å²) in [5.74, 6) is 1.11. The second-order valence-corrected chi connectivity index (χ2v) is 6.22. The van der Waals surface area contributed by atoms with Gasteiger partial charge in [0.1, 0.15) is 18.2 Å². The molecule has 3 aromatic carbocycles. The monoisotopic (exact) mass is 362 g/mol. The SMILES string of the molecule is O=c1[nH]c(-c2ccccc2OCc2ccccc2Cl)nc2ccccc12. The highest BCUT2D eigenvalue weighted by Crippen LogP contribution is 2.28. The first-order valence-corrected chi connectivity index (χ1v) is 8.55. The Morgan fingerprint density at radius 3 is 2.54 bits per heavy atom. The zero-order valence-electron chi connectivity index (χ0n) is 13.8. The van der Waals surface area contributed by atoms with Gasteiger partial charge in [0.2, 0.25) is 0 Å². The van der Waals surface area contributed by atoms with E-state index >= 15 is 0 Å². The number of H-pyrrole nitrogens is 1. The van der Waals surface area contributed by atoms with Crippen LogP contribution in [0.2, 0.25) is 5.02 Å². The molecule has 0 radical (unpaired) electrons. The van der Waals surface area contributed by atoms with Gasteiger partial charge in [-0.25, -0.2) is 4.98 Å². The average molecular weight is 363 g/mol. The molecule has 0 aliphatic carbocycles. The van der Waals surface area contributed by atoms with E-state index in [4.69, 9.17) is 16.3 Å². The third-order valence-corrected chi connectivity index (χ3v) is 4.46. The third kappa shape index (κ3) is 3.19. The minimum Gasteiger partial charge on any atom is -0.488 e. The van der Waals surface area contributed by atoms with Crippen LogP contribution in [0.4, 0.5) is 0 Å². The number of hydrogen-bond acceptors (Lipinski definition) is 3. The van der Waals surface area contributed by atoms with Crippen LogP contribution in [-0.4, -0.2) is 9.97 Å². The number of aromatic nitrogens is 2. The van der Waals surface area contributed by atoms with Crippen molar-refractivity contribution in [3.05, 3.63) is 93.7 Å². The normalized spacial score (nSPS) is 10.8. The zero-order chi connectivity index (χ0) is 17.9. The molecule has 0 fully saturated rings. The lowest BCUT2D eigenvalue weighted by Gasteiger charge is -2.12. The second-order valence-electron chi connectivity index (χ2n) is 5.81. The van der Waals surface area contributed by atoms with Crippen LogP contribution >= 0.6 is 11.6 Å². The van der Waals surface area contributed by atoms with Gasteiger partial charge in [-0.05, 0) is 30.3 Å². The van der Waals surface area contributed by atoms with Crippen LogP contribution in [0.25, 0.3) is 22.3 Å². The molecule has 4 nitrogen and oxygen atoms in total. The molecule has 26 heavy (non-hydrogen) atoms. The van der Waals surface area contributed by atoms with E-state index in [9.17, 15) is 4.79 Å². The maximum absolute atomic E-state index is 12.4. The summed E-state index contributed by atoms with van der Waals surface area (Å²) >= 11 is 6.19. The maximum atomic E-state index is 12.4. The molecule has 128 valence electrons. The van der Waals surface area contributed by atoms with Gasteiger partial charge >= 0.3 is 0 Å². The van der Waals surface area contributed by atoms with Crippen molar-refractivity contribution in [2.75, 3.05) is 0 Å². The molecule has 0 unspecified atom stereocenters. The second kappa shape index (κ2) is 7.02. The number of halogens is 1. The Morgan fingerprint density at radius 1 is 0.923 bits per heavy atom. The fraction of sp³-hybridized carbons (Fsp3) is 0.0476. The van der Waals surface area contributed by atoms with Crippen LogP contribution in [0.3, 0.4) is 0 Å². The highest BCUT2D eigenvalue weighted by Gasteiger charge is 2.11. The highest BCUT2D eigenvalue weighted by atomic mass is 35.5. The number of benzene rings is 3. The van der Waals surface area contributed by atoms with Gasteiger partial charge in [-0.1, -0.05) is 54.1 Å². The molecule has 1 heterocycles. The van der Waals surface area contributed by atoms with Crippen molar-refractivity contribution >= 4 is 22.5 Å². The molecule has 1 aromatic heterocycles. The van der Waals surface area contributed by atoms with Gasteiger partial charge in [0, 0.05) is 10.6 Å². The summed E-state index contributed by atoms with van der Waals surface area (Å²) in [5.41, 5.74) is 2.09. The Kier molecular flexibility index (Phi) is 4.42. The molecule has 0 bridgehead atoms. The van der Waals surface area contributed by atoms with E-state index < -0.39 is 0 Å². The van der Waals surface area contributed by atoms with Gasteiger partial charge in [0.15, 0.2) is 0 Å². The van der Waals surface area contributed by atoms with E-state index in [1.165, 1.54) is 0 Å². The first kappa shape index (κ1) is 16.4. The Bertz CT molecular complexity index is 1140. The predicted octanol–water partition coefficient (Wildman–Crippen LogP) is 4.82. The lowest BCUT2D eigenvalue weighted by atomic mass is 10.1. The summed E-state index contributed by atoms with van der Waals surface area (Å²) in [7, 11) is 0. The number of nitrogens with one attached hydrogen (secondary N) is 1. The van der Waals surface area contributed by atoms with Gasteiger partial charge in [-0.2, -0.15) is 0 Å². The Labute approximate surface area is 155 Å². The van der Waals surface area contributed by atoms with Crippen LogP contribution in [0.5, 0.6) is 5.75 Å². The maximum Gasteiger partial charge on any atom is 0.259 e. The van der Waals surface area contributed by atoms with Crippen LogP contribution in [-0.2, 0) is 6.61 Å². The molecular formula is C21H15ClN2O2. The summed E-state index contributed by atoms with van der Waals surface area (Å²) in [6.45, 7) is 0.328. The van der Waals surface area contributed by atoms with Crippen molar-refractivity contribution in [3.8, 4) is 17.1 Å². The standard InChI is InChI=1S/C21H15ClN2O2/c22-17-10-4-1-7-14(17)13-26-19-12-6-3-9-16(19)20-23-18-11-5-2-8-15(18)21(25)24-20/h1-12H,13H2,(H,23,24,25). The zero-order valence-corrected chi connectivity index (χ0v) is 14.5. The lowest BCUT2D eigenvalue weighted by molar-refractivity contribution is 0.307. The Balaban J connectivity index is 1.72. The van der Waals surface area contributed by atoms with Crippen molar-refractivity contribution < 1.29 is 4.74 Å². The topological polar surface area (TPSA) is 55.0 Å². The van der Waals surface area contributed by atoms with Crippen LogP contribution < -0.4 is 10.3 Å². The van der Waals surface area contributed by atoms with Gasteiger partial charge < -0.3 is 9.72 Å². The number of hydrogen-bond donors (Lipinski definition) is 1. The highest BCUT2D eigenvalue weighted by molar-refractivity contribution is 6.31. The number of aromatic amines is 1. The predicted molar refractivity (Wildman–Crippen MR) is 104 cm³/mol. The number of rotatable bonds is 4. The fourth-order valence-electron chi connectivity index (χ4n) is 2.77. The van der Waals surface area contributed by atoms with Crippen molar-refractivity contribution in [2.45, 2.75) is 6.61 Å². The largest absolute Gasteiger partial charge is 0.488 e. The van der Waals surface area contributed by atoms with E-state index in [1.54, 1.807) is 6.07 Å². The summed E-state index contributed by atoms with van der Waals surface area (Å²) < 4.78 is 5.96. The molecule has 0 aliphatic rings. The molecule has 4 rings (SSSR count). The van der Waals surface area contributed by atoms with E-state index in [2.05, 4.69) is 9.97 Å². The summed E-state index contributed by atoms with van der Waals surface area (Å²) in [5, 5.41) is 1.22. The molecular weight excluding hydrogens is 348 g/mol. The molecule has 0 saturated heterocycles. The molecule has 0 atom stereocenters. The summed E-state index contributed by atoms with van der Waals surface area (Å²) in [6.07, 6.45) is 0. The fourth-order valence-corrected chi connectivity index (χ4v) is 2.96. The average Bonchev–Trinajstić information content (AvgIpc) is 2.67. The lowest BCUT2D eigenvalue weighted by Crippen LogP contribution is -2.10. The van der Waals surface area contributed by atoms with Gasteiger partial charge in [-0.3, -0.25) is 4.79 Å². The number of nitrogens with zero attached hydrogens (tertiary/aromatic N) is 1. The number of ether oxygens (including phenoxy) is 1. The van der Waals surface area contributed by atoms with Crippen molar-refractivity contribution in [1.29, 1.82) is 0 Å². The third-order valence-electron chi connectivity index (χ3n) is 4.10.